The second-order valence-corrected chi connectivity index (χ2v) is 11.4. The smallest absolute Gasteiger partial charge is 0.263 e. The van der Waals surface area contributed by atoms with Crippen molar-refractivity contribution in [3.8, 4) is 22.8 Å². The van der Waals surface area contributed by atoms with E-state index in [0.717, 1.165) is 11.3 Å². The quantitative estimate of drug-likeness (QED) is 0.187. The number of carbonyl (C=O) groups is 1. The SMILES string of the molecule is COc1ccc(-c2csc(NS(=O)(=O)c3ccc(NC(=O)CCCOc4ccc(Cl)cc4Cl)cc3)n2)cc1. The van der Waals surface area contributed by atoms with Gasteiger partial charge in [0.25, 0.3) is 10.0 Å². The fourth-order valence-corrected chi connectivity index (χ4v) is 5.77. The van der Waals surface area contributed by atoms with Gasteiger partial charge >= 0.3 is 0 Å². The lowest BCUT2D eigenvalue weighted by molar-refractivity contribution is -0.116. The molecule has 0 aliphatic heterocycles. The highest BCUT2D eigenvalue weighted by Crippen LogP contribution is 2.29. The van der Waals surface area contributed by atoms with Crippen LogP contribution in [0.2, 0.25) is 10.0 Å². The normalized spacial score (nSPS) is 11.1. The molecule has 3 aromatic carbocycles. The van der Waals surface area contributed by atoms with E-state index in [0.29, 0.717) is 40.2 Å². The van der Waals surface area contributed by atoms with Crippen molar-refractivity contribution in [2.45, 2.75) is 17.7 Å². The number of hydrogen-bond acceptors (Lipinski definition) is 7. The van der Waals surface area contributed by atoms with Crippen LogP contribution < -0.4 is 19.5 Å². The predicted octanol–water partition coefficient (Wildman–Crippen LogP) is 6.72. The van der Waals surface area contributed by atoms with Gasteiger partial charge in [0.2, 0.25) is 5.91 Å². The molecule has 0 atom stereocenters. The van der Waals surface area contributed by atoms with E-state index in [-0.39, 0.29) is 22.4 Å². The maximum atomic E-state index is 12.8. The minimum Gasteiger partial charge on any atom is -0.497 e. The second kappa shape index (κ2) is 12.5. The lowest BCUT2D eigenvalue weighted by Gasteiger charge is -2.09. The Balaban J connectivity index is 1.27. The molecule has 1 heterocycles. The number of nitrogens with one attached hydrogen (secondary N) is 2. The van der Waals surface area contributed by atoms with Crippen molar-refractivity contribution in [2.75, 3.05) is 23.8 Å². The Bertz CT molecular complexity index is 1510. The third kappa shape index (κ3) is 7.38. The van der Waals surface area contributed by atoms with Gasteiger partial charge in [-0.05, 0) is 73.2 Å². The first kappa shape index (κ1) is 27.7. The summed E-state index contributed by atoms with van der Waals surface area (Å²) in [5.74, 6) is 0.994. The van der Waals surface area contributed by atoms with E-state index in [1.165, 1.54) is 35.6 Å². The largest absolute Gasteiger partial charge is 0.497 e. The third-order valence-electron chi connectivity index (χ3n) is 5.26. The number of nitrogens with zero attached hydrogens (tertiary/aromatic N) is 1. The molecule has 12 heteroatoms. The molecule has 1 aromatic heterocycles. The van der Waals surface area contributed by atoms with Crippen LogP contribution in [0.25, 0.3) is 11.3 Å². The first-order valence-corrected chi connectivity index (χ1v) is 14.5. The fourth-order valence-electron chi connectivity index (χ4n) is 3.34. The van der Waals surface area contributed by atoms with Crippen LogP contribution in [-0.2, 0) is 14.8 Å². The monoisotopic (exact) mass is 591 g/mol. The highest BCUT2D eigenvalue weighted by atomic mass is 35.5. The molecule has 0 fully saturated rings. The maximum Gasteiger partial charge on any atom is 0.263 e. The summed E-state index contributed by atoms with van der Waals surface area (Å²) in [6.07, 6.45) is 0.681. The molecule has 0 unspecified atom stereocenters. The number of methoxy groups -OCH3 is 1. The van der Waals surface area contributed by atoms with Crippen LogP contribution in [0.4, 0.5) is 10.8 Å². The number of thiazole rings is 1. The summed E-state index contributed by atoms with van der Waals surface area (Å²) in [6.45, 7) is 0.300. The first-order valence-electron chi connectivity index (χ1n) is 11.3. The van der Waals surface area contributed by atoms with E-state index in [1.54, 1.807) is 30.7 Å². The standard InChI is InChI=1S/C26H23Cl2N3O5S2/c1-35-20-9-4-17(5-10-20)23-16-37-26(30-23)31-38(33,34)21-11-7-19(8-12-21)29-25(32)3-2-14-36-24-13-6-18(27)15-22(24)28/h4-13,15-16H,2-3,14H2,1H3,(H,29,32)(H,30,31). The molecule has 4 aromatic rings. The van der Waals surface area contributed by atoms with Crippen molar-refractivity contribution in [3.05, 3.63) is 82.2 Å². The predicted molar refractivity (Wildman–Crippen MR) is 151 cm³/mol. The molecule has 0 saturated heterocycles. The summed E-state index contributed by atoms with van der Waals surface area (Å²) in [4.78, 5) is 16.7. The number of sulfonamides is 1. The van der Waals surface area contributed by atoms with Gasteiger partial charge in [0, 0.05) is 28.1 Å². The second-order valence-electron chi connectivity index (χ2n) is 7.97. The summed E-state index contributed by atoms with van der Waals surface area (Å²) in [6, 6.07) is 18.1. The van der Waals surface area contributed by atoms with Crippen LogP contribution in [0.1, 0.15) is 12.8 Å². The van der Waals surface area contributed by atoms with Crippen LogP contribution in [-0.4, -0.2) is 33.0 Å². The number of amides is 1. The molecule has 0 radical (unpaired) electrons. The van der Waals surface area contributed by atoms with Crippen molar-refractivity contribution in [3.63, 3.8) is 0 Å². The van der Waals surface area contributed by atoms with Crippen molar-refractivity contribution < 1.29 is 22.7 Å². The molecule has 0 aliphatic carbocycles. The van der Waals surface area contributed by atoms with Gasteiger partial charge < -0.3 is 14.8 Å². The van der Waals surface area contributed by atoms with E-state index in [2.05, 4.69) is 15.0 Å². The van der Waals surface area contributed by atoms with E-state index >= 15 is 0 Å². The van der Waals surface area contributed by atoms with Gasteiger partial charge in [-0.15, -0.1) is 11.3 Å². The highest BCUT2D eigenvalue weighted by Gasteiger charge is 2.17. The molecule has 0 spiro atoms. The lowest BCUT2D eigenvalue weighted by atomic mass is 10.2. The first-order chi connectivity index (χ1) is 18.2. The Labute approximate surface area is 234 Å². The minimum absolute atomic E-state index is 0.0462. The summed E-state index contributed by atoms with van der Waals surface area (Å²) >= 11 is 13.1. The van der Waals surface area contributed by atoms with Gasteiger partial charge in [-0.25, -0.2) is 13.4 Å². The Morgan fingerprint density at radius 2 is 1.76 bits per heavy atom. The summed E-state index contributed by atoms with van der Waals surface area (Å²) in [7, 11) is -2.27. The molecule has 4 rings (SSSR count). The van der Waals surface area contributed by atoms with Crippen LogP contribution in [0, 0.1) is 0 Å². The van der Waals surface area contributed by atoms with Crippen LogP contribution >= 0.6 is 34.5 Å². The van der Waals surface area contributed by atoms with E-state index in [4.69, 9.17) is 32.7 Å². The van der Waals surface area contributed by atoms with E-state index < -0.39 is 10.0 Å². The highest BCUT2D eigenvalue weighted by molar-refractivity contribution is 7.93. The molecule has 0 aliphatic rings. The fraction of sp³-hybridized carbons (Fsp3) is 0.154. The minimum atomic E-state index is -3.86. The van der Waals surface area contributed by atoms with Crippen LogP contribution in [0.5, 0.6) is 11.5 Å². The van der Waals surface area contributed by atoms with Crippen LogP contribution in [0.3, 0.4) is 0 Å². The number of anilines is 2. The lowest BCUT2D eigenvalue weighted by Crippen LogP contribution is -2.14. The zero-order valence-corrected chi connectivity index (χ0v) is 23.3. The van der Waals surface area contributed by atoms with Gasteiger partial charge in [0.15, 0.2) is 5.13 Å². The van der Waals surface area contributed by atoms with Gasteiger partial charge in [-0.1, -0.05) is 23.2 Å². The average Bonchev–Trinajstić information content (AvgIpc) is 3.35. The van der Waals surface area contributed by atoms with E-state index in [1.807, 2.05) is 24.3 Å². The Morgan fingerprint density at radius 1 is 1.03 bits per heavy atom. The molecule has 8 nitrogen and oxygen atoms in total. The summed E-state index contributed by atoms with van der Waals surface area (Å²) in [5, 5.41) is 5.68. The number of halogens is 2. The molecule has 198 valence electrons. The van der Waals surface area contributed by atoms with Gasteiger partial charge in [-0.2, -0.15) is 0 Å². The Hall–Kier alpha value is -3.31. The summed E-state index contributed by atoms with van der Waals surface area (Å²) in [5.41, 5.74) is 1.97. The molecular weight excluding hydrogens is 569 g/mol. The summed E-state index contributed by atoms with van der Waals surface area (Å²) < 4.78 is 38.9. The molecular formula is C26H23Cl2N3O5S2. The number of aromatic nitrogens is 1. The van der Waals surface area contributed by atoms with E-state index in [9.17, 15) is 13.2 Å². The number of ether oxygens (including phenoxy) is 2. The van der Waals surface area contributed by atoms with Gasteiger partial charge in [0.1, 0.15) is 11.5 Å². The van der Waals surface area contributed by atoms with Crippen LogP contribution in [0.15, 0.2) is 77.0 Å². The van der Waals surface area contributed by atoms with Crippen molar-refractivity contribution in [1.82, 2.24) is 4.98 Å². The van der Waals surface area contributed by atoms with Gasteiger partial charge in [0.05, 0.1) is 29.3 Å². The zero-order chi connectivity index (χ0) is 27.1. The third-order valence-corrected chi connectivity index (χ3v) is 8.03. The molecule has 0 bridgehead atoms. The Kier molecular flexibility index (Phi) is 9.11. The van der Waals surface area contributed by atoms with Gasteiger partial charge in [-0.3, -0.25) is 9.52 Å². The molecule has 0 saturated carbocycles. The number of rotatable bonds is 11. The van der Waals surface area contributed by atoms with Crippen molar-refractivity contribution in [2.24, 2.45) is 0 Å². The molecule has 38 heavy (non-hydrogen) atoms. The number of benzene rings is 3. The maximum absolute atomic E-state index is 12.8. The molecule has 1 amide bonds. The Morgan fingerprint density at radius 3 is 2.45 bits per heavy atom. The topological polar surface area (TPSA) is 107 Å². The average molecular weight is 593 g/mol. The molecule has 2 N–H and O–H groups in total. The van der Waals surface area contributed by atoms with Crippen molar-refractivity contribution >= 4 is 61.3 Å². The number of carbonyl (C=O) groups excluding carboxylic acids is 1. The zero-order valence-electron chi connectivity index (χ0n) is 20.1. The number of hydrogen-bond donors (Lipinski definition) is 2. The van der Waals surface area contributed by atoms with Crippen molar-refractivity contribution in [1.29, 1.82) is 0 Å².